The molecule has 0 bridgehead atoms. The maximum absolute atomic E-state index is 11.2. The van der Waals surface area contributed by atoms with Crippen LogP contribution in [0.4, 0.5) is 0 Å². The van der Waals surface area contributed by atoms with E-state index < -0.39 is 0 Å². The number of ether oxygens (including phenoxy) is 3. The Morgan fingerprint density at radius 3 is 1.96 bits per heavy atom. The zero-order chi connectivity index (χ0) is 20.1. The van der Waals surface area contributed by atoms with Crippen molar-refractivity contribution in [1.29, 1.82) is 0 Å². The molecule has 0 atom stereocenters. The van der Waals surface area contributed by atoms with Crippen molar-refractivity contribution in [2.75, 3.05) is 14.2 Å². The molecule has 0 aliphatic carbocycles. The lowest BCUT2D eigenvalue weighted by Crippen LogP contribution is -2.18. The van der Waals surface area contributed by atoms with Crippen LogP contribution in [0.5, 0.6) is 23.0 Å². The van der Waals surface area contributed by atoms with Gasteiger partial charge in [-0.2, -0.15) is 0 Å². The summed E-state index contributed by atoms with van der Waals surface area (Å²) in [5.74, 6) is 1.97. The van der Waals surface area contributed by atoms with E-state index in [1.54, 1.807) is 12.1 Å². The van der Waals surface area contributed by atoms with E-state index in [1.807, 2.05) is 30.3 Å². The molecule has 0 saturated heterocycles. The molecule has 0 aliphatic heterocycles. The molecular formula is C24H24O4. The van der Waals surface area contributed by atoms with E-state index >= 15 is 0 Å². The maximum atomic E-state index is 11.2. The lowest BCUT2D eigenvalue weighted by Gasteiger charge is -2.26. The molecule has 3 rings (SSSR count). The minimum atomic E-state index is -0.127. The van der Waals surface area contributed by atoms with Gasteiger partial charge in [0.05, 0.1) is 14.2 Å². The lowest BCUT2D eigenvalue weighted by atomic mass is 9.78. The fourth-order valence-electron chi connectivity index (χ4n) is 3.18. The first-order chi connectivity index (χ1) is 13.5. The first kappa shape index (κ1) is 19.5. The summed E-state index contributed by atoms with van der Waals surface area (Å²) in [6.07, 6.45) is 0.750. The van der Waals surface area contributed by atoms with E-state index in [-0.39, 0.29) is 5.41 Å². The number of carbonyl (C=O) groups excluding carboxylic acids is 1. The highest BCUT2D eigenvalue weighted by molar-refractivity contribution is 5.78. The van der Waals surface area contributed by atoms with E-state index in [9.17, 15) is 4.79 Å². The number of methoxy groups -OCH3 is 2. The van der Waals surface area contributed by atoms with Crippen molar-refractivity contribution in [3.8, 4) is 23.0 Å². The lowest BCUT2D eigenvalue weighted by molar-refractivity contribution is 0.112. The van der Waals surface area contributed by atoms with Crippen LogP contribution in [0, 0.1) is 0 Å². The minimum Gasteiger partial charge on any atom is -0.493 e. The molecule has 0 spiro atoms. The van der Waals surface area contributed by atoms with Gasteiger partial charge >= 0.3 is 0 Å². The molecule has 3 aromatic carbocycles. The summed E-state index contributed by atoms with van der Waals surface area (Å²) in [6.45, 7) is 4.39. The van der Waals surface area contributed by atoms with Crippen molar-refractivity contribution in [2.45, 2.75) is 19.3 Å². The van der Waals surface area contributed by atoms with Gasteiger partial charge in [-0.3, -0.25) is 4.79 Å². The molecule has 0 heterocycles. The second-order valence-corrected chi connectivity index (χ2v) is 6.99. The van der Waals surface area contributed by atoms with E-state index in [4.69, 9.17) is 14.2 Å². The fraction of sp³-hybridized carbons (Fsp3) is 0.208. The zero-order valence-corrected chi connectivity index (χ0v) is 16.6. The molecule has 0 fully saturated rings. The minimum absolute atomic E-state index is 0.127. The molecule has 4 nitrogen and oxygen atoms in total. The summed E-state index contributed by atoms with van der Waals surface area (Å²) >= 11 is 0. The molecular weight excluding hydrogens is 352 g/mol. The zero-order valence-electron chi connectivity index (χ0n) is 16.6. The van der Waals surface area contributed by atoms with E-state index in [1.165, 1.54) is 25.3 Å². The number of hydrogen-bond acceptors (Lipinski definition) is 4. The van der Waals surface area contributed by atoms with E-state index in [0.717, 1.165) is 6.29 Å². The highest BCUT2D eigenvalue weighted by Crippen LogP contribution is 2.41. The van der Waals surface area contributed by atoms with E-state index in [0.29, 0.717) is 28.6 Å². The van der Waals surface area contributed by atoms with Crippen LogP contribution in [-0.2, 0) is 5.41 Å². The summed E-state index contributed by atoms with van der Waals surface area (Å²) in [5.41, 5.74) is 2.75. The summed E-state index contributed by atoms with van der Waals surface area (Å²) in [5, 5.41) is 0. The molecule has 0 aromatic heterocycles. The summed E-state index contributed by atoms with van der Waals surface area (Å²) in [4.78, 5) is 11.2. The highest BCUT2D eigenvalue weighted by atomic mass is 16.5. The Hall–Kier alpha value is -3.27. The molecule has 144 valence electrons. The van der Waals surface area contributed by atoms with Crippen LogP contribution in [0.1, 0.15) is 35.3 Å². The van der Waals surface area contributed by atoms with Crippen LogP contribution in [0.3, 0.4) is 0 Å². The number of aldehydes is 1. The van der Waals surface area contributed by atoms with Crippen molar-refractivity contribution in [2.24, 2.45) is 0 Å². The van der Waals surface area contributed by atoms with Crippen LogP contribution >= 0.6 is 0 Å². The topological polar surface area (TPSA) is 44.8 Å². The van der Waals surface area contributed by atoms with Gasteiger partial charge in [0, 0.05) is 11.0 Å². The molecule has 3 aromatic rings. The monoisotopic (exact) mass is 376 g/mol. The molecule has 4 heteroatoms. The average molecular weight is 376 g/mol. The van der Waals surface area contributed by atoms with Gasteiger partial charge in [0.25, 0.3) is 0 Å². The van der Waals surface area contributed by atoms with Crippen LogP contribution in [0.25, 0.3) is 0 Å². The number of rotatable bonds is 7. The molecule has 0 N–H and O–H groups in total. The Kier molecular flexibility index (Phi) is 5.69. The quantitative estimate of drug-likeness (QED) is 0.501. The Morgan fingerprint density at radius 2 is 1.39 bits per heavy atom. The van der Waals surface area contributed by atoms with Crippen LogP contribution in [0.15, 0.2) is 66.7 Å². The highest BCUT2D eigenvalue weighted by Gasteiger charge is 2.23. The van der Waals surface area contributed by atoms with Gasteiger partial charge in [-0.05, 0) is 35.4 Å². The number of hydrogen-bond donors (Lipinski definition) is 0. The molecule has 28 heavy (non-hydrogen) atoms. The fourth-order valence-corrected chi connectivity index (χ4v) is 3.18. The third kappa shape index (κ3) is 3.86. The molecule has 0 radical (unpaired) electrons. The van der Waals surface area contributed by atoms with Gasteiger partial charge in [0.15, 0.2) is 11.5 Å². The van der Waals surface area contributed by atoms with Gasteiger partial charge in [-0.25, -0.2) is 0 Å². The second-order valence-electron chi connectivity index (χ2n) is 6.99. The predicted molar refractivity (Wildman–Crippen MR) is 110 cm³/mol. The van der Waals surface area contributed by atoms with Gasteiger partial charge in [-0.1, -0.05) is 56.3 Å². The van der Waals surface area contributed by atoms with Crippen molar-refractivity contribution in [3.05, 3.63) is 83.4 Å². The summed E-state index contributed by atoms with van der Waals surface area (Å²) in [7, 11) is 3.06. The van der Waals surface area contributed by atoms with Crippen molar-refractivity contribution in [1.82, 2.24) is 0 Å². The summed E-state index contributed by atoms with van der Waals surface area (Å²) in [6, 6.07) is 21.6. The average Bonchev–Trinajstić information content (AvgIpc) is 2.74. The predicted octanol–water partition coefficient (Wildman–Crippen LogP) is 5.63. The molecule has 0 saturated carbocycles. The number of benzene rings is 3. The van der Waals surface area contributed by atoms with Crippen molar-refractivity contribution >= 4 is 6.29 Å². The molecule has 0 amide bonds. The Bertz CT molecular complexity index is 944. The Balaban J connectivity index is 1.90. The van der Waals surface area contributed by atoms with Gasteiger partial charge in [-0.15, -0.1) is 0 Å². The molecule has 0 aliphatic rings. The largest absolute Gasteiger partial charge is 0.493 e. The van der Waals surface area contributed by atoms with Crippen LogP contribution < -0.4 is 14.2 Å². The van der Waals surface area contributed by atoms with Gasteiger partial charge in [0.2, 0.25) is 5.75 Å². The third-order valence-electron chi connectivity index (χ3n) is 4.90. The molecule has 0 unspecified atom stereocenters. The van der Waals surface area contributed by atoms with Crippen LogP contribution in [-0.4, -0.2) is 20.5 Å². The standard InChI is InChI=1S/C24H24O4/c1-24(2,18-8-6-5-7-9-18)19-10-12-20(13-11-19)28-22-15-17(16-25)14-21(26-3)23(22)27-4/h5-16H,1-4H3. The van der Waals surface area contributed by atoms with Crippen molar-refractivity contribution in [3.63, 3.8) is 0 Å². The SMILES string of the molecule is COc1cc(C=O)cc(Oc2ccc(C(C)(C)c3ccccc3)cc2)c1OC. The van der Waals surface area contributed by atoms with Crippen molar-refractivity contribution < 1.29 is 19.0 Å². The van der Waals surface area contributed by atoms with Gasteiger partial charge < -0.3 is 14.2 Å². The Morgan fingerprint density at radius 1 is 0.786 bits per heavy atom. The first-order valence-electron chi connectivity index (χ1n) is 9.04. The van der Waals surface area contributed by atoms with Crippen LogP contribution in [0.2, 0.25) is 0 Å². The second kappa shape index (κ2) is 8.17. The Labute approximate surface area is 165 Å². The number of carbonyl (C=O) groups is 1. The smallest absolute Gasteiger partial charge is 0.203 e. The third-order valence-corrected chi connectivity index (χ3v) is 4.90. The summed E-state index contributed by atoms with van der Waals surface area (Å²) < 4.78 is 16.7. The van der Waals surface area contributed by atoms with Gasteiger partial charge in [0.1, 0.15) is 12.0 Å². The first-order valence-corrected chi connectivity index (χ1v) is 9.04. The normalized spacial score (nSPS) is 11.0. The van der Waals surface area contributed by atoms with E-state index in [2.05, 4.69) is 38.1 Å². The maximum Gasteiger partial charge on any atom is 0.203 e.